The molecule has 1 saturated heterocycles. The third-order valence-corrected chi connectivity index (χ3v) is 4.91. The van der Waals surface area contributed by atoms with E-state index in [2.05, 4.69) is 4.99 Å². The number of amides is 1. The number of β-amino-alcohol motifs (C(OH)–C–C–N with tert-alkyl or cyclic N) is 1. The van der Waals surface area contributed by atoms with Crippen molar-refractivity contribution in [3.63, 3.8) is 0 Å². The number of aliphatic hydroxyl groups is 1. The first-order valence-electron chi connectivity index (χ1n) is 8.32. The van der Waals surface area contributed by atoms with Crippen LogP contribution in [-0.4, -0.2) is 48.3 Å². The number of nitrogens with zero attached hydrogens (tertiary/aromatic N) is 3. The number of aliphatic imine (C=N–C) groups is 1. The predicted octanol–water partition coefficient (Wildman–Crippen LogP) is 3.35. The van der Waals surface area contributed by atoms with Crippen molar-refractivity contribution in [2.24, 2.45) is 4.99 Å². The summed E-state index contributed by atoms with van der Waals surface area (Å²) >= 11 is 1.33. The Kier molecular flexibility index (Phi) is 5.75. The molecule has 0 saturated carbocycles. The molecule has 1 aliphatic rings. The number of hydrogen-bond acceptors (Lipinski definition) is 5. The van der Waals surface area contributed by atoms with Gasteiger partial charge >= 0.3 is 0 Å². The Hall–Kier alpha value is -2.57. The molecule has 1 heterocycles. The number of carbonyl (C=O) groups is 1. The fraction of sp³-hybridized carbons (Fsp3) is 0.200. The lowest BCUT2D eigenvalue weighted by atomic mass is 10.2. The van der Waals surface area contributed by atoms with Gasteiger partial charge in [0.05, 0.1) is 23.7 Å². The molecule has 1 N–H and O–H groups in total. The van der Waals surface area contributed by atoms with Crippen molar-refractivity contribution in [2.75, 3.05) is 32.1 Å². The maximum atomic E-state index is 12.7. The van der Waals surface area contributed by atoms with Crippen LogP contribution in [0, 0.1) is 0 Å². The lowest BCUT2D eigenvalue weighted by molar-refractivity contribution is -0.122. The largest absolute Gasteiger partial charge is 0.395 e. The zero-order valence-corrected chi connectivity index (χ0v) is 15.6. The highest BCUT2D eigenvalue weighted by Gasteiger charge is 2.32. The number of aliphatic hydroxyl groups excluding tert-OH is 1. The third-order valence-electron chi connectivity index (χ3n) is 3.90. The Bertz CT molecular complexity index is 830. The first kappa shape index (κ1) is 18.2. The summed E-state index contributed by atoms with van der Waals surface area (Å²) in [5.41, 5.74) is 2.84. The number of para-hydroxylation sites is 1. The molecule has 0 spiro atoms. The number of carbonyl (C=O) groups excluding carboxylic acids is 1. The van der Waals surface area contributed by atoms with Crippen molar-refractivity contribution in [1.29, 1.82) is 0 Å². The number of anilines is 1. The normalized spacial score (nSPS) is 17.3. The van der Waals surface area contributed by atoms with Gasteiger partial charge in [0.2, 0.25) is 0 Å². The molecule has 6 heteroatoms. The lowest BCUT2D eigenvalue weighted by Gasteiger charge is -2.13. The minimum atomic E-state index is -0.129. The van der Waals surface area contributed by atoms with Gasteiger partial charge in [-0.3, -0.25) is 9.69 Å². The van der Waals surface area contributed by atoms with Crippen molar-refractivity contribution in [1.82, 2.24) is 4.90 Å². The Balaban J connectivity index is 1.89. The van der Waals surface area contributed by atoms with Gasteiger partial charge in [0.1, 0.15) is 0 Å². The van der Waals surface area contributed by atoms with Gasteiger partial charge in [0.15, 0.2) is 5.17 Å². The van der Waals surface area contributed by atoms with Gasteiger partial charge in [-0.05, 0) is 47.7 Å². The van der Waals surface area contributed by atoms with E-state index in [1.54, 1.807) is 0 Å². The van der Waals surface area contributed by atoms with Crippen molar-refractivity contribution in [2.45, 2.75) is 0 Å². The molecule has 2 aromatic rings. The van der Waals surface area contributed by atoms with Gasteiger partial charge in [0.25, 0.3) is 5.91 Å². The summed E-state index contributed by atoms with van der Waals surface area (Å²) in [4.78, 5) is 21.4. The smallest absolute Gasteiger partial charge is 0.266 e. The van der Waals surface area contributed by atoms with Crippen LogP contribution in [0.3, 0.4) is 0 Å². The molecule has 0 aliphatic carbocycles. The van der Waals surface area contributed by atoms with Gasteiger partial charge in [-0.1, -0.05) is 30.3 Å². The second kappa shape index (κ2) is 8.21. The fourth-order valence-corrected chi connectivity index (χ4v) is 3.55. The molecule has 1 amide bonds. The molecule has 0 unspecified atom stereocenters. The standard InChI is InChI=1S/C20H21N3O2S/c1-22(2)17-10-8-15(9-11-17)14-18-19(25)23(12-13-24)20(26-18)21-16-6-4-3-5-7-16/h3-11,14,24H,12-13H2,1-2H3/b18-14-,21-20?. The molecule has 5 nitrogen and oxygen atoms in total. The van der Waals surface area contributed by atoms with E-state index in [4.69, 9.17) is 0 Å². The molecule has 0 bridgehead atoms. The van der Waals surface area contributed by atoms with Crippen LogP contribution in [-0.2, 0) is 4.79 Å². The first-order valence-corrected chi connectivity index (χ1v) is 9.13. The molecule has 0 radical (unpaired) electrons. The van der Waals surface area contributed by atoms with E-state index in [1.807, 2.05) is 79.7 Å². The predicted molar refractivity (Wildman–Crippen MR) is 109 cm³/mol. The van der Waals surface area contributed by atoms with Crippen LogP contribution >= 0.6 is 11.8 Å². The van der Waals surface area contributed by atoms with Crippen LogP contribution in [0.15, 0.2) is 64.5 Å². The molecule has 0 atom stereocenters. The summed E-state index contributed by atoms with van der Waals surface area (Å²) in [5.74, 6) is -0.129. The van der Waals surface area contributed by atoms with Crippen LogP contribution in [0.5, 0.6) is 0 Å². The second-order valence-electron chi connectivity index (χ2n) is 6.01. The minimum absolute atomic E-state index is 0.106. The highest BCUT2D eigenvalue weighted by molar-refractivity contribution is 8.18. The SMILES string of the molecule is CN(C)c1ccc(/C=C2\SC(=Nc3ccccc3)N(CCO)C2=O)cc1. The zero-order valence-electron chi connectivity index (χ0n) is 14.8. The minimum Gasteiger partial charge on any atom is -0.395 e. The average molecular weight is 367 g/mol. The monoisotopic (exact) mass is 367 g/mol. The summed E-state index contributed by atoms with van der Waals surface area (Å²) in [7, 11) is 3.98. The van der Waals surface area contributed by atoms with E-state index in [0.717, 1.165) is 16.9 Å². The van der Waals surface area contributed by atoms with Gasteiger partial charge in [-0.2, -0.15) is 0 Å². The Labute approximate surface area is 157 Å². The topological polar surface area (TPSA) is 56.1 Å². The number of hydrogen-bond donors (Lipinski definition) is 1. The van der Waals surface area contributed by atoms with Crippen molar-refractivity contribution in [3.05, 3.63) is 65.1 Å². The summed E-state index contributed by atoms with van der Waals surface area (Å²) < 4.78 is 0. The van der Waals surface area contributed by atoms with Crippen LogP contribution < -0.4 is 4.90 Å². The van der Waals surface area contributed by atoms with Gasteiger partial charge in [0, 0.05) is 19.8 Å². The Morgan fingerprint density at radius 3 is 2.42 bits per heavy atom. The van der Waals surface area contributed by atoms with Gasteiger partial charge in [-0.25, -0.2) is 4.99 Å². The quantitative estimate of drug-likeness (QED) is 0.824. The summed E-state index contributed by atoms with van der Waals surface area (Å²) in [6, 6.07) is 17.5. The Morgan fingerprint density at radius 2 is 1.81 bits per heavy atom. The summed E-state index contributed by atoms with van der Waals surface area (Å²) in [6.07, 6.45) is 1.87. The number of thioether (sulfide) groups is 1. The molecule has 26 heavy (non-hydrogen) atoms. The molecule has 1 fully saturated rings. The van der Waals surface area contributed by atoms with Crippen molar-refractivity contribution in [3.8, 4) is 0 Å². The summed E-state index contributed by atoms with van der Waals surface area (Å²) in [5, 5.41) is 9.89. The van der Waals surface area contributed by atoms with E-state index in [0.29, 0.717) is 10.1 Å². The molecule has 3 rings (SSSR count). The van der Waals surface area contributed by atoms with E-state index < -0.39 is 0 Å². The lowest BCUT2D eigenvalue weighted by Crippen LogP contribution is -2.31. The molecule has 0 aromatic heterocycles. The van der Waals surface area contributed by atoms with E-state index in [-0.39, 0.29) is 19.1 Å². The van der Waals surface area contributed by atoms with Gasteiger partial charge < -0.3 is 10.0 Å². The average Bonchev–Trinajstić information content (AvgIpc) is 2.92. The summed E-state index contributed by atoms with van der Waals surface area (Å²) in [6.45, 7) is 0.124. The molecule has 134 valence electrons. The molecule has 1 aliphatic heterocycles. The highest BCUT2D eigenvalue weighted by atomic mass is 32.2. The van der Waals surface area contributed by atoms with Crippen LogP contribution in [0.25, 0.3) is 6.08 Å². The second-order valence-corrected chi connectivity index (χ2v) is 7.02. The van der Waals surface area contributed by atoms with Crippen molar-refractivity contribution < 1.29 is 9.90 Å². The van der Waals surface area contributed by atoms with Crippen molar-refractivity contribution >= 4 is 40.3 Å². The molecular formula is C20H21N3O2S. The number of amidine groups is 1. The maximum Gasteiger partial charge on any atom is 0.266 e. The number of rotatable bonds is 5. The van der Waals surface area contributed by atoms with E-state index in [1.165, 1.54) is 16.7 Å². The fourth-order valence-electron chi connectivity index (χ4n) is 2.52. The molecule has 2 aromatic carbocycles. The molecular weight excluding hydrogens is 346 g/mol. The maximum absolute atomic E-state index is 12.7. The Morgan fingerprint density at radius 1 is 1.12 bits per heavy atom. The zero-order chi connectivity index (χ0) is 18.5. The third kappa shape index (κ3) is 4.15. The van der Waals surface area contributed by atoms with E-state index in [9.17, 15) is 9.90 Å². The van der Waals surface area contributed by atoms with E-state index >= 15 is 0 Å². The van der Waals surface area contributed by atoms with Gasteiger partial charge in [-0.15, -0.1) is 0 Å². The highest BCUT2D eigenvalue weighted by Crippen LogP contribution is 2.34. The van der Waals surface area contributed by atoms with Crippen LogP contribution in [0.1, 0.15) is 5.56 Å². The first-order chi connectivity index (χ1) is 12.6. The van der Waals surface area contributed by atoms with Crippen LogP contribution in [0.2, 0.25) is 0 Å². The number of benzene rings is 2. The van der Waals surface area contributed by atoms with Crippen LogP contribution in [0.4, 0.5) is 11.4 Å².